The van der Waals surface area contributed by atoms with Crippen LogP contribution in [0.5, 0.6) is 0 Å². The summed E-state index contributed by atoms with van der Waals surface area (Å²) in [6.45, 7) is 6.22. The van der Waals surface area contributed by atoms with Gasteiger partial charge in [-0.15, -0.1) is 12.4 Å². The van der Waals surface area contributed by atoms with E-state index in [1.165, 1.54) is 0 Å². The molecule has 1 aliphatic carbocycles. The molecule has 1 saturated carbocycles. The van der Waals surface area contributed by atoms with Crippen LogP contribution in [0, 0.1) is 5.92 Å². The first-order chi connectivity index (χ1) is 8.69. The van der Waals surface area contributed by atoms with E-state index < -0.39 is 0 Å². The maximum atomic E-state index is 12.5. The van der Waals surface area contributed by atoms with Crippen molar-refractivity contribution < 1.29 is 4.79 Å². The zero-order chi connectivity index (χ0) is 13.4. The van der Waals surface area contributed by atoms with Gasteiger partial charge in [0.2, 0.25) is 5.91 Å². The third kappa shape index (κ3) is 6.62. The molecular weight excluding hydrogens is 260 g/mol. The average Bonchev–Trinajstić information content (AvgIpc) is 2.38. The summed E-state index contributed by atoms with van der Waals surface area (Å²) in [7, 11) is 0. The van der Waals surface area contributed by atoms with Gasteiger partial charge >= 0.3 is 0 Å². The standard InChI is InChI=1S/C15H30N2O.ClH/c1-3-5-10-17(11-6-4-2)15(18)13-8-7-9-14(16)12-13;/h13-14H,3-12,16H2,1-2H3;1H. The smallest absolute Gasteiger partial charge is 0.225 e. The van der Waals surface area contributed by atoms with Crippen LogP contribution in [0.25, 0.3) is 0 Å². The molecule has 2 unspecified atom stereocenters. The van der Waals surface area contributed by atoms with Crippen LogP contribution in [0.1, 0.15) is 65.2 Å². The number of hydrogen-bond donors (Lipinski definition) is 1. The van der Waals surface area contributed by atoms with Crippen LogP contribution in [-0.2, 0) is 4.79 Å². The van der Waals surface area contributed by atoms with Gasteiger partial charge in [-0.1, -0.05) is 33.1 Å². The van der Waals surface area contributed by atoms with Gasteiger partial charge in [-0.05, 0) is 32.1 Å². The fourth-order valence-corrected chi connectivity index (χ4v) is 2.74. The second-order valence-electron chi connectivity index (χ2n) is 5.66. The van der Waals surface area contributed by atoms with Crippen LogP contribution < -0.4 is 5.73 Å². The van der Waals surface area contributed by atoms with Crippen molar-refractivity contribution in [1.82, 2.24) is 4.90 Å². The van der Waals surface area contributed by atoms with E-state index in [2.05, 4.69) is 18.7 Å². The Morgan fingerprint density at radius 3 is 2.21 bits per heavy atom. The average molecular weight is 291 g/mol. The van der Waals surface area contributed by atoms with Crippen molar-refractivity contribution in [3.63, 3.8) is 0 Å². The van der Waals surface area contributed by atoms with Gasteiger partial charge in [-0.2, -0.15) is 0 Å². The topological polar surface area (TPSA) is 46.3 Å². The Bertz CT molecular complexity index is 240. The first-order valence-electron chi connectivity index (χ1n) is 7.73. The lowest BCUT2D eigenvalue weighted by Crippen LogP contribution is -2.41. The Labute approximate surface area is 124 Å². The Morgan fingerprint density at radius 2 is 1.74 bits per heavy atom. The minimum absolute atomic E-state index is 0. The van der Waals surface area contributed by atoms with Gasteiger partial charge in [-0.3, -0.25) is 4.79 Å². The highest BCUT2D eigenvalue weighted by Crippen LogP contribution is 2.25. The third-order valence-electron chi connectivity index (χ3n) is 3.94. The summed E-state index contributed by atoms with van der Waals surface area (Å²) in [4.78, 5) is 14.6. The SMILES string of the molecule is CCCCN(CCCC)C(=O)C1CCCC(N)C1.Cl. The lowest BCUT2D eigenvalue weighted by molar-refractivity contribution is -0.136. The first-order valence-corrected chi connectivity index (χ1v) is 7.73. The molecule has 1 aliphatic rings. The number of nitrogens with two attached hydrogens (primary N) is 1. The molecule has 114 valence electrons. The molecule has 0 heterocycles. The fourth-order valence-electron chi connectivity index (χ4n) is 2.74. The molecule has 0 spiro atoms. The van der Waals surface area contributed by atoms with Crippen molar-refractivity contribution in [2.24, 2.45) is 11.7 Å². The molecule has 1 fully saturated rings. The van der Waals surface area contributed by atoms with Crippen molar-refractivity contribution in [3.05, 3.63) is 0 Å². The van der Waals surface area contributed by atoms with Crippen molar-refractivity contribution in [3.8, 4) is 0 Å². The molecule has 0 aromatic rings. The van der Waals surface area contributed by atoms with Crippen molar-refractivity contribution in [1.29, 1.82) is 0 Å². The maximum Gasteiger partial charge on any atom is 0.225 e. The Hall–Kier alpha value is -0.280. The summed E-state index contributed by atoms with van der Waals surface area (Å²) in [5, 5.41) is 0. The quantitative estimate of drug-likeness (QED) is 0.781. The fraction of sp³-hybridized carbons (Fsp3) is 0.933. The van der Waals surface area contributed by atoms with E-state index in [1.54, 1.807) is 0 Å². The second kappa shape index (κ2) is 10.5. The number of carbonyl (C=O) groups excluding carboxylic acids is 1. The van der Waals surface area contributed by atoms with Gasteiger partial charge < -0.3 is 10.6 Å². The monoisotopic (exact) mass is 290 g/mol. The lowest BCUT2D eigenvalue weighted by Gasteiger charge is -2.31. The van der Waals surface area contributed by atoms with E-state index in [-0.39, 0.29) is 24.4 Å². The number of rotatable bonds is 7. The molecule has 0 radical (unpaired) electrons. The minimum atomic E-state index is 0. The third-order valence-corrected chi connectivity index (χ3v) is 3.94. The highest BCUT2D eigenvalue weighted by atomic mass is 35.5. The van der Waals surface area contributed by atoms with Crippen LogP contribution in [-0.4, -0.2) is 29.9 Å². The van der Waals surface area contributed by atoms with Gasteiger partial charge in [0, 0.05) is 25.0 Å². The molecule has 1 rings (SSSR count). The highest BCUT2D eigenvalue weighted by molar-refractivity contribution is 5.85. The van der Waals surface area contributed by atoms with Crippen LogP contribution >= 0.6 is 12.4 Å². The van der Waals surface area contributed by atoms with Crippen molar-refractivity contribution in [2.45, 2.75) is 71.3 Å². The van der Waals surface area contributed by atoms with Gasteiger partial charge in [0.05, 0.1) is 0 Å². The highest BCUT2D eigenvalue weighted by Gasteiger charge is 2.28. The summed E-state index contributed by atoms with van der Waals surface area (Å²) in [6, 6.07) is 0.243. The molecule has 2 N–H and O–H groups in total. The largest absolute Gasteiger partial charge is 0.342 e. The van der Waals surface area contributed by atoms with Crippen molar-refractivity contribution >= 4 is 18.3 Å². The maximum absolute atomic E-state index is 12.5. The number of hydrogen-bond acceptors (Lipinski definition) is 2. The van der Waals surface area contributed by atoms with Gasteiger partial charge in [-0.25, -0.2) is 0 Å². The molecule has 4 heteroatoms. The molecule has 3 nitrogen and oxygen atoms in total. The van der Waals surface area contributed by atoms with Crippen LogP contribution in [0.4, 0.5) is 0 Å². The number of halogens is 1. The Balaban J connectivity index is 0.00000324. The van der Waals surface area contributed by atoms with E-state index in [0.29, 0.717) is 5.91 Å². The summed E-state index contributed by atoms with van der Waals surface area (Å²) < 4.78 is 0. The predicted molar refractivity (Wildman–Crippen MR) is 83.6 cm³/mol. The molecule has 2 atom stereocenters. The van der Waals surface area contributed by atoms with Crippen LogP contribution in [0.3, 0.4) is 0 Å². The van der Waals surface area contributed by atoms with E-state index in [1.807, 2.05) is 0 Å². The molecule has 0 aromatic carbocycles. The van der Waals surface area contributed by atoms with Crippen LogP contribution in [0.2, 0.25) is 0 Å². The van der Waals surface area contributed by atoms with Gasteiger partial charge in [0.1, 0.15) is 0 Å². The first kappa shape index (κ1) is 18.7. The molecule has 0 saturated heterocycles. The Morgan fingerprint density at radius 1 is 1.16 bits per heavy atom. The summed E-state index contributed by atoms with van der Waals surface area (Å²) >= 11 is 0. The van der Waals surface area contributed by atoms with Gasteiger partial charge in [0.25, 0.3) is 0 Å². The molecule has 0 aromatic heterocycles. The predicted octanol–water partition coefficient (Wildman–Crippen LogP) is 3.35. The zero-order valence-electron chi connectivity index (χ0n) is 12.6. The lowest BCUT2D eigenvalue weighted by atomic mass is 9.85. The second-order valence-corrected chi connectivity index (χ2v) is 5.66. The minimum Gasteiger partial charge on any atom is -0.342 e. The summed E-state index contributed by atoms with van der Waals surface area (Å²) in [5.74, 6) is 0.564. The van der Waals surface area contributed by atoms with E-state index >= 15 is 0 Å². The molecule has 0 bridgehead atoms. The number of unbranched alkanes of at least 4 members (excludes halogenated alkanes) is 2. The zero-order valence-corrected chi connectivity index (χ0v) is 13.4. The number of nitrogens with zero attached hydrogens (tertiary/aromatic N) is 1. The molecule has 19 heavy (non-hydrogen) atoms. The van der Waals surface area contributed by atoms with Crippen molar-refractivity contribution in [2.75, 3.05) is 13.1 Å². The summed E-state index contributed by atoms with van der Waals surface area (Å²) in [5.41, 5.74) is 5.99. The van der Waals surface area contributed by atoms with Crippen LogP contribution in [0.15, 0.2) is 0 Å². The van der Waals surface area contributed by atoms with E-state index in [9.17, 15) is 4.79 Å². The van der Waals surface area contributed by atoms with E-state index in [4.69, 9.17) is 5.73 Å². The van der Waals surface area contributed by atoms with E-state index in [0.717, 1.165) is 64.5 Å². The molecular formula is C15H31ClN2O. The molecule has 1 amide bonds. The number of carbonyl (C=O) groups is 1. The normalized spacial score (nSPS) is 22.7. The number of amides is 1. The molecule has 0 aliphatic heterocycles. The Kier molecular flexibility index (Phi) is 10.3. The summed E-state index contributed by atoms with van der Waals surface area (Å²) in [6.07, 6.45) is 8.69. The van der Waals surface area contributed by atoms with Gasteiger partial charge in [0.15, 0.2) is 0 Å².